The van der Waals surface area contributed by atoms with Crippen molar-refractivity contribution in [2.75, 3.05) is 11.9 Å². The smallest absolute Gasteiger partial charge is 0.412 e. The lowest BCUT2D eigenvalue weighted by atomic mass is 9.98. The number of aromatic nitrogens is 1. The molecule has 2 aromatic carbocycles. The fourth-order valence-electron chi connectivity index (χ4n) is 3.73. The third-order valence-electron chi connectivity index (χ3n) is 5.06. The van der Waals surface area contributed by atoms with Gasteiger partial charge in [-0.15, -0.1) is 0 Å². The van der Waals surface area contributed by atoms with Crippen LogP contribution in [0.1, 0.15) is 29.0 Å². The highest BCUT2D eigenvalue weighted by Gasteiger charge is 2.29. The van der Waals surface area contributed by atoms with Crippen LogP contribution < -0.4 is 5.32 Å². The Kier molecular flexibility index (Phi) is 5.24. The minimum absolute atomic E-state index is 0.0247. The summed E-state index contributed by atoms with van der Waals surface area (Å²) in [4.78, 5) is 27.4. The molecule has 1 amide bonds. The van der Waals surface area contributed by atoms with Crippen LogP contribution in [0.2, 0.25) is 0 Å². The van der Waals surface area contributed by atoms with E-state index in [2.05, 4.69) is 34.6 Å². The zero-order chi connectivity index (χ0) is 20.2. The number of nitrogens with one attached hydrogen (secondary N) is 1. The van der Waals surface area contributed by atoms with E-state index in [-0.39, 0.29) is 25.4 Å². The lowest BCUT2D eigenvalue weighted by Gasteiger charge is -2.15. The van der Waals surface area contributed by atoms with Crippen molar-refractivity contribution in [1.29, 1.82) is 0 Å². The number of hydrogen-bond donors (Lipinski definition) is 2. The number of ether oxygens (including phenoxy) is 1. The first-order valence-electron chi connectivity index (χ1n) is 9.41. The van der Waals surface area contributed by atoms with Crippen molar-refractivity contribution in [1.82, 2.24) is 4.98 Å². The number of pyridine rings is 1. The second-order valence-corrected chi connectivity index (χ2v) is 6.86. The van der Waals surface area contributed by atoms with Gasteiger partial charge >= 0.3 is 12.1 Å². The van der Waals surface area contributed by atoms with Crippen molar-refractivity contribution in [3.05, 3.63) is 83.6 Å². The summed E-state index contributed by atoms with van der Waals surface area (Å²) in [7, 11) is 0. The van der Waals surface area contributed by atoms with E-state index in [9.17, 15) is 9.59 Å². The molecule has 0 atom stereocenters. The van der Waals surface area contributed by atoms with Crippen molar-refractivity contribution in [2.45, 2.75) is 18.8 Å². The summed E-state index contributed by atoms with van der Waals surface area (Å²) < 4.78 is 5.52. The number of benzene rings is 2. The Morgan fingerprint density at radius 3 is 2.28 bits per heavy atom. The molecule has 0 fully saturated rings. The number of fused-ring (bicyclic) bond motifs is 3. The van der Waals surface area contributed by atoms with Crippen molar-refractivity contribution in [3.8, 4) is 11.1 Å². The Labute approximate surface area is 168 Å². The molecule has 1 aromatic heterocycles. The summed E-state index contributed by atoms with van der Waals surface area (Å²) in [6, 6.07) is 19.7. The highest BCUT2D eigenvalue weighted by Crippen LogP contribution is 2.44. The Balaban J connectivity index is 1.45. The number of nitrogens with zero attached hydrogens (tertiary/aromatic N) is 1. The topological polar surface area (TPSA) is 88.5 Å². The minimum Gasteiger partial charge on any atom is -0.481 e. The summed E-state index contributed by atoms with van der Waals surface area (Å²) in [6.07, 6.45) is 1.18. The maximum absolute atomic E-state index is 12.4. The van der Waals surface area contributed by atoms with Crippen molar-refractivity contribution < 1.29 is 19.4 Å². The molecule has 3 aromatic rings. The molecule has 4 rings (SSSR count). The first kappa shape index (κ1) is 18.7. The number of carbonyl (C=O) groups is 2. The summed E-state index contributed by atoms with van der Waals surface area (Å²) in [6.45, 7) is 0.206. The first-order valence-corrected chi connectivity index (χ1v) is 9.41. The normalized spacial score (nSPS) is 12.1. The number of anilines is 1. The standard InChI is InChI=1S/C23H20N2O4/c26-21(27)12-11-15-6-5-13-24-22(15)25-23(28)29-14-20-18-9-3-1-7-16(18)17-8-2-4-10-19(17)20/h1-10,13,20H,11-12,14H2,(H,26,27)(H,24,25,28). The van der Waals surface area contributed by atoms with E-state index >= 15 is 0 Å². The number of carboxylic acids is 1. The molecule has 1 heterocycles. The van der Waals surface area contributed by atoms with Gasteiger partial charge in [0.25, 0.3) is 0 Å². The molecule has 0 bridgehead atoms. The zero-order valence-corrected chi connectivity index (χ0v) is 15.7. The Morgan fingerprint density at radius 2 is 1.62 bits per heavy atom. The van der Waals surface area contributed by atoms with Crippen LogP contribution >= 0.6 is 0 Å². The van der Waals surface area contributed by atoms with E-state index in [0.29, 0.717) is 11.4 Å². The summed E-state index contributed by atoms with van der Waals surface area (Å²) >= 11 is 0. The van der Waals surface area contributed by atoms with Crippen molar-refractivity contribution in [2.24, 2.45) is 0 Å². The molecule has 6 nitrogen and oxygen atoms in total. The van der Waals surface area contributed by atoms with Gasteiger partial charge in [-0.1, -0.05) is 54.6 Å². The molecule has 0 aliphatic heterocycles. The number of carbonyl (C=O) groups excluding carboxylic acids is 1. The van der Waals surface area contributed by atoms with Gasteiger partial charge in [-0.25, -0.2) is 9.78 Å². The van der Waals surface area contributed by atoms with Gasteiger partial charge in [0.1, 0.15) is 12.4 Å². The predicted octanol–water partition coefficient (Wildman–Crippen LogP) is 4.46. The molecule has 2 N–H and O–H groups in total. The van der Waals surface area contributed by atoms with Crippen molar-refractivity contribution in [3.63, 3.8) is 0 Å². The van der Waals surface area contributed by atoms with E-state index in [4.69, 9.17) is 9.84 Å². The molecular formula is C23H20N2O4. The molecule has 0 unspecified atom stereocenters. The van der Waals surface area contributed by atoms with Crippen LogP contribution in [0.5, 0.6) is 0 Å². The lowest BCUT2D eigenvalue weighted by Crippen LogP contribution is -2.19. The van der Waals surface area contributed by atoms with Crippen molar-refractivity contribution >= 4 is 17.9 Å². The van der Waals surface area contributed by atoms with E-state index in [1.54, 1.807) is 18.3 Å². The number of amides is 1. The molecule has 146 valence electrons. The molecule has 0 spiro atoms. The Bertz CT molecular complexity index is 1020. The van der Waals surface area contributed by atoms with Crippen LogP contribution in [0, 0.1) is 0 Å². The van der Waals surface area contributed by atoms with Gasteiger partial charge < -0.3 is 9.84 Å². The molecule has 1 aliphatic carbocycles. The Hall–Kier alpha value is -3.67. The minimum atomic E-state index is -0.902. The van der Waals surface area contributed by atoms with Gasteiger partial charge in [0, 0.05) is 18.5 Å². The van der Waals surface area contributed by atoms with Crippen LogP contribution in [0.25, 0.3) is 11.1 Å². The molecular weight excluding hydrogens is 368 g/mol. The van der Waals surface area contributed by atoms with Crippen LogP contribution in [0.3, 0.4) is 0 Å². The maximum Gasteiger partial charge on any atom is 0.412 e. The van der Waals surface area contributed by atoms with E-state index in [1.807, 2.05) is 24.3 Å². The van der Waals surface area contributed by atoms with Crippen LogP contribution in [-0.4, -0.2) is 28.8 Å². The van der Waals surface area contributed by atoms with Gasteiger partial charge in [0.2, 0.25) is 0 Å². The number of hydrogen-bond acceptors (Lipinski definition) is 4. The Morgan fingerprint density at radius 1 is 0.966 bits per heavy atom. The SMILES string of the molecule is O=C(O)CCc1cccnc1NC(=O)OCC1c2ccccc2-c2ccccc21. The molecule has 0 saturated heterocycles. The average Bonchev–Trinajstić information content (AvgIpc) is 3.05. The van der Waals surface area contributed by atoms with E-state index in [0.717, 1.165) is 22.3 Å². The summed E-state index contributed by atoms with van der Waals surface area (Å²) in [5.74, 6) is -0.602. The maximum atomic E-state index is 12.4. The predicted molar refractivity (Wildman–Crippen MR) is 109 cm³/mol. The van der Waals surface area contributed by atoms with Gasteiger partial charge in [-0.3, -0.25) is 10.1 Å². The van der Waals surface area contributed by atoms with Crippen LogP contribution in [0.4, 0.5) is 10.6 Å². The highest BCUT2D eigenvalue weighted by molar-refractivity contribution is 5.85. The molecule has 1 aliphatic rings. The molecule has 0 saturated carbocycles. The molecule has 0 radical (unpaired) electrons. The average molecular weight is 388 g/mol. The third-order valence-corrected chi connectivity index (χ3v) is 5.06. The summed E-state index contributed by atoms with van der Waals surface area (Å²) in [5, 5.41) is 11.5. The van der Waals surface area contributed by atoms with E-state index in [1.165, 1.54) is 0 Å². The second kappa shape index (κ2) is 8.14. The van der Waals surface area contributed by atoms with Gasteiger partial charge in [-0.05, 0) is 40.3 Å². The second-order valence-electron chi connectivity index (χ2n) is 6.86. The monoisotopic (exact) mass is 388 g/mol. The van der Waals surface area contributed by atoms with Gasteiger partial charge in [0.05, 0.1) is 0 Å². The quantitative estimate of drug-likeness (QED) is 0.651. The largest absolute Gasteiger partial charge is 0.481 e. The number of aliphatic carboxylic acids is 1. The zero-order valence-electron chi connectivity index (χ0n) is 15.7. The third kappa shape index (κ3) is 3.96. The van der Waals surface area contributed by atoms with Gasteiger partial charge in [0.15, 0.2) is 0 Å². The van der Waals surface area contributed by atoms with Crippen LogP contribution in [0.15, 0.2) is 66.9 Å². The first-order chi connectivity index (χ1) is 14.1. The number of carboxylic acid groups (broad SMARTS) is 1. The molecule has 29 heavy (non-hydrogen) atoms. The number of rotatable bonds is 6. The fourth-order valence-corrected chi connectivity index (χ4v) is 3.73. The molecule has 6 heteroatoms. The van der Waals surface area contributed by atoms with Gasteiger partial charge in [-0.2, -0.15) is 0 Å². The summed E-state index contributed by atoms with van der Waals surface area (Å²) in [5.41, 5.74) is 5.27. The van der Waals surface area contributed by atoms with Crippen LogP contribution in [-0.2, 0) is 16.0 Å². The number of aryl methyl sites for hydroxylation is 1. The highest BCUT2D eigenvalue weighted by atomic mass is 16.5. The van der Waals surface area contributed by atoms with E-state index < -0.39 is 12.1 Å². The fraction of sp³-hybridized carbons (Fsp3) is 0.174. The lowest BCUT2D eigenvalue weighted by molar-refractivity contribution is -0.136.